The summed E-state index contributed by atoms with van der Waals surface area (Å²) in [5, 5.41) is 0.686. The molecule has 7 nitrogen and oxygen atoms in total. The molecule has 0 radical (unpaired) electrons. The molecule has 36 heavy (non-hydrogen) atoms. The highest BCUT2D eigenvalue weighted by atomic mass is 79.9. The highest BCUT2D eigenvalue weighted by Crippen LogP contribution is 2.43. The molecule has 0 bridgehead atoms. The fraction of sp³-hybridized carbons (Fsp3) is 0.185. The molecular weight excluding hydrogens is 544 g/mol. The van der Waals surface area contributed by atoms with Crippen LogP contribution in [-0.2, 0) is 4.74 Å². The number of carbonyl (C=O) groups is 2. The number of aromatic nitrogens is 1. The van der Waals surface area contributed by atoms with Crippen molar-refractivity contribution in [2.45, 2.75) is 26.8 Å². The van der Waals surface area contributed by atoms with Crippen molar-refractivity contribution in [1.29, 1.82) is 0 Å². The number of anilines is 1. The number of fused-ring (bicyclic) bond motifs is 2. The number of hydrogen-bond donors (Lipinski definition) is 0. The lowest BCUT2D eigenvalue weighted by Gasteiger charge is -2.22. The second-order valence-electron chi connectivity index (χ2n) is 8.54. The van der Waals surface area contributed by atoms with E-state index in [4.69, 9.17) is 9.15 Å². The van der Waals surface area contributed by atoms with Gasteiger partial charge in [0.15, 0.2) is 10.6 Å². The molecule has 1 aliphatic rings. The number of halogens is 1. The van der Waals surface area contributed by atoms with E-state index in [-0.39, 0.29) is 33.4 Å². The van der Waals surface area contributed by atoms with Gasteiger partial charge in [-0.3, -0.25) is 14.5 Å². The average Bonchev–Trinajstić information content (AvgIpc) is 3.36. The Bertz CT molecular complexity index is 1640. The minimum atomic E-state index is -0.783. The third kappa shape index (κ3) is 3.88. The van der Waals surface area contributed by atoms with Crippen LogP contribution in [-0.4, -0.2) is 23.5 Å². The van der Waals surface area contributed by atoms with E-state index < -0.39 is 17.9 Å². The molecular formula is C27H21BrN2O5S. The van der Waals surface area contributed by atoms with E-state index in [9.17, 15) is 14.4 Å². The molecule has 0 N–H and O–H groups in total. The summed E-state index contributed by atoms with van der Waals surface area (Å²) >= 11 is 4.52. The Hall–Kier alpha value is -3.56. The highest BCUT2D eigenvalue weighted by Gasteiger charge is 2.45. The molecule has 0 saturated heterocycles. The Morgan fingerprint density at radius 2 is 1.97 bits per heavy atom. The van der Waals surface area contributed by atoms with Crippen LogP contribution in [0.5, 0.6) is 0 Å². The fourth-order valence-corrected chi connectivity index (χ4v) is 5.70. The molecule has 0 saturated carbocycles. The number of benzene rings is 2. The number of ether oxygens (including phenoxy) is 1. The Morgan fingerprint density at radius 3 is 2.69 bits per heavy atom. The zero-order valence-corrected chi connectivity index (χ0v) is 22.2. The summed E-state index contributed by atoms with van der Waals surface area (Å²) < 4.78 is 12.0. The molecule has 5 rings (SSSR count). The Morgan fingerprint density at radius 1 is 1.22 bits per heavy atom. The number of thiazole rings is 1. The molecule has 2 aromatic heterocycles. The van der Waals surface area contributed by atoms with Gasteiger partial charge in [0, 0.05) is 4.47 Å². The van der Waals surface area contributed by atoms with E-state index in [0.717, 1.165) is 26.9 Å². The van der Waals surface area contributed by atoms with Crippen molar-refractivity contribution in [3.05, 3.63) is 102 Å². The number of hydrogen-bond acceptors (Lipinski definition) is 7. The number of carbonyl (C=O) groups excluding carboxylic acids is 2. The average molecular weight is 565 g/mol. The first-order chi connectivity index (χ1) is 17.2. The molecule has 182 valence electrons. The van der Waals surface area contributed by atoms with Crippen molar-refractivity contribution in [1.82, 2.24) is 4.98 Å². The van der Waals surface area contributed by atoms with Gasteiger partial charge >= 0.3 is 5.97 Å². The maximum atomic E-state index is 13.8. The summed E-state index contributed by atoms with van der Waals surface area (Å²) in [6.07, 6.45) is 1.48. The smallest absolute Gasteiger partial charge is 0.350 e. The van der Waals surface area contributed by atoms with Gasteiger partial charge in [0.25, 0.3) is 5.91 Å². The summed E-state index contributed by atoms with van der Waals surface area (Å²) in [6, 6.07) is 10.2. The normalized spacial score (nSPS) is 14.8. The standard InChI is InChI=1S/C27H21BrN2O5S/c1-5-9-34-26(33)24-15(4)29-27(36-24)30-21(16-7-6-8-17(28)12-16)20-22(31)18-10-13(2)14(3)11-19(18)35-23(20)25(30)32/h5-8,10-12,21H,1,9H2,2-4H3. The van der Waals surface area contributed by atoms with Crippen LogP contribution < -0.4 is 10.3 Å². The third-order valence-electron chi connectivity index (χ3n) is 6.16. The molecule has 4 aromatic rings. The van der Waals surface area contributed by atoms with Crippen molar-refractivity contribution in [2.24, 2.45) is 0 Å². The molecule has 0 spiro atoms. The van der Waals surface area contributed by atoms with Crippen LogP contribution in [0, 0.1) is 20.8 Å². The highest BCUT2D eigenvalue weighted by molar-refractivity contribution is 9.10. The van der Waals surface area contributed by atoms with Gasteiger partial charge in [-0.15, -0.1) is 0 Å². The first-order valence-electron chi connectivity index (χ1n) is 11.1. The van der Waals surface area contributed by atoms with Crippen LogP contribution in [0.15, 0.2) is 62.7 Å². The molecule has 9 heteroatoms. The van der Waals surface area contributed by atoms with Gasteiger partial charge in [-0.2, -0.15) is 0 Å². The van der Waals surface area contributed by atoms with E-state index in [1.165, 1.54) is 11.0 Å². The molecule has 0 aliphatic carbocycles. The monoisotopic (exact) mass is 564 g/mol. The number of nitrogens with zero attached hydrogens (tertiary/aromatic N) is 2. The minimum absolute atomic E-state index is 0.0237. The lowest BCUT2D eigenvalue weighted by Crippen LogP contribution is -2.29. The van der Waals surface area contributed by atoms with Gasteiger partial charge in [-0.25, -0.2) is 9.78 Å². The number of rotatable bonds is 5. The number of aryl methyl sites for hydroxylation is 3. The third-order valence-corrected chi connectivity index (χ3v) is 7.79. The van der Waals surface area contributed by atoms with Gasteiger partial charge in [0.05, 0.1) is 22.7 Å². The van der Waals surface area contributed by atoms with Gasteiger partial charge in [-0.05, 0) is 61.7 Å². The summed E-state index contributed by atoms with van der Waals surface area (Å²) in [4.78, 5) is 46.4. The van der Waals surface area contributed by atoms with Gasteiger partial charge in [0.1, 0.15) is 17.1 Å². The van der Waals surface area contributed by atoms with Crippen LogP contribution in [0.3, 0.4) is 0 Å². The number of amides is 1. The predicted octanol–water partition coefficient (Wildman–Crippen LogP) is 6.03. The summed E-state index contributed by atoms with van der Waals surface area (Å²) in [5.74, 6) is -1.07. The molecule has 3 heterocycles. The second-order valence-corrected chi connectivity index (χ2v) is 10.4. The van der Waals surface area contributed by atoms with Crippen LogP contribution in [0.2, 0.25) is 0 Å². The zero-order chi connectivity index (χ0) is 25.7. The molecule has 1 aliphatic heterocycles. The maximum absolute atomic E-state index is 13.8. The van der Waals surface area contributed by atoms with E-state index in [0.29, 0.717) is 22.2 Å². The molecule has 1 amide bonds. The zero-order valence-electron chi connectivity index (χ0n) is 19.8. The Kier molecular flexibility index (Phi) is 6.13. The Balaban J connectivity index is 1.74. The van der Waals surface area contributed by atoms with Crippen molar-refractivity contribution in [2.75, 3.05) is 11.5 Å². The first kappa shape index (κ1) is 24.1. The van der Waals surface area contributed by atoms with Crippen molar-refractivity contribution in [3.8, 4) is 0 Å². The van der Waals surface area contributed by atoms with Gasteiger partial charge in [0.2, 0.25) is 5.76 Å². The van der Waals surface area contributed by atoms with Crippen LogP contribution in [0.25, 0.3) is 11.0 Å². The van der Waals surface area contributed by atoms with Gasteiger partial charge < -0.3 is 9.15 Å². The minimum Gasteiger partial charge on any atom is -0.457 e. The first-order valence-corrected chi connectivity index (χ1v) is 12.7. The van der Waals surface area contributed by atoms with Crippen molar-refractivity contribution >= 4 is 55.2 Å². The van der Waals surface area contributed by atoms with Crippen molar-refractivity contribution < 1.29 is 18.7 Å². The second kappa shape index (κ2) is 9.15. The lowest BCUT2D eigenvalue weighted by molar-refractivity contribution is 0.0554. The van der Waals surface area contributed by atoms with Crippen LogP contribution in [0.1, 0.15) is 54.2 Å². The van der Waals surface area contributed by atoms with E-state index in [2.05, 4.69) is 27.5 Å². The lowest BCUT2D eigenvalue weighted by atomic mass is 9.98. The SMILES string of the molecule is C=CCOC(=O)c1sc(N2C(=O)c3oc4cc(C)c(C)cc4c(=O)c3C2c2cccc(Br)c2)nc1C. The van der Waals surface area contributed by atoms with Gasteiger partial charge in [-0.1, -0.05) is 52.1 Å². The molecule has 1 unspecified atom stereocenters. The van der Waals surface area contributed by atoms with Crippen molar-refractivity contribution in [3.63, 3.8) is 0 Å². The topological polar surface area (TPSA) is 89.7 Å². The van der Waals surface area contributed by atoms with Crippen LogP contribution >= 0.6 is 27.3 Å². The summed E-state index contributed by atoms with van der Waals surface area (Å²) in [5.41, 5.74) is 3.37. The maximum Gasteiger partial charge on any atom is 0.350 e. The molecule has 1 atom stereocenters. The van der Waals surface area contributed by atoms with E-state index in [1.807, 2.05) is 38.1 Å². The largest absolute Gasteiger partial charge is 0.457 e. The summed E-state index contributed by atoms with van der Waals surface area (Å²) in [7, 11) is 0. The molecule has 0 fully saturated rings. The number of esters is 1. The summed E-state index contributed by atoms with van der Waals surface area (Å²) in [6.45, 7) is 9.14. The predicted molar refractivity (Wildman–Crippen MR) is 142 cm³/mol. The van der Waals surface area contributed by atoms with E-state index in [1.54, 1.807) is 19.1 Å². The van der Waals surface area contributed by atoms with Crippen LogP contribution in [0.4, 0.5) is 5.13 Å². The quantitative estimate of drug-likeness (QED) is 0.217. The Labute approximate surface area is 219 Å². The fourth-order valence-electron chi connectivity index (χ4n) is 4.29. The molecule has 2 aromatic carbocycles. The van der Waals surface area contributed by atoms with E-state index >= 15 is 0 Å².